The molecule has 0 heterocycles. The van der Waals surface area contributed by atoms with E-state index in [2.05, 4.69) is 5.32 Å². The van der Waals surface area contributed by atoms with Gasteiger partial charge in [-0.25, -0.2) is 0 Å². The van der Waals surface area contributed by atoms with E-state index in [0.29, 0.717) is 24.5 Å². The zero-order valence-electron chi connectivity index (χ0n) is 18.1. The van der Waals surface area contributed by atoms with Crippen molar-refractivity contribution in [3.05, 3.63) is 29.8 Å². The molecule has 0 unspecified atom stereocenters. The first-order valence-electron chi connectivity index (χ1n) is 10.5. The molecular weight excluding hydrogens is 406 g/mol. The molecule has 0 aliphatic heterocycles. The molecule has 0 bridgehead atoms. The summed E-state index contributed by atoms with van der Waals surface area (Å²) in [5, 5.41) is 2.89. The second kappa shape index (κ2) is 14.8. The number of amides is 1. The maximum absolute atomic E-state index is 11.9. The minimum Gasteiger partial charge on any atom is -0.493 e. The number of unbranched alkanes of at least 4 members (excludes halogenated alkanes) is 8. The third-order valence-electron chi connectivity index (χ3n) is 4.71. The molecule has 170 valence electrons. The summed E-state index contributed by atoms with van der Waals surface area (Å²) < 4.78 is 40.3. The molecule has 1 aromatic carbocycles. The summed E-state index contributed by atoms with van der Waals surface area (Å²) in [6.07, 6.45) is 12.1. The third kappa shape index (κ3) is 12.5. The second-order valence-electron chi connectivity index (χ2n) is 7.21. The Labute approximate surface area is 180 Å². The molecule has 1 amide bonds. The fraction of sp³-hybridized carbons (Fsp3) is 0.591. The minimum absolute atomic E-state index is 0.116. The summed E-state index contributed by atoms with van der Waals surface area (Å²) in [5.41, 5.74) is 0.862. The number of ether oxygens (including phenoxy) is 2. The fourth-order valence-corrected chi connectivity index (χ4v) is 3.61. The van der Waals surface area contributed by atoms with Crippen molar-refractivity contribution in [2.75, 3.05) is 26.5 Å². The molecule has 0 fully saturated rings. The lowest BCUT2D eigenvalue weighted by Gasteiger charge is -2.07. The molecule has 0 saturated carbocycles. The molecule has 0 atom stereocenters. The predicted octanol–water partition coefficient (Wildman–Crippen LogP) is 4.23. The maximum Gasteiger partial charge on any atom is 0.264 e. The van der Waals surface area contributed by atoms with Crippen LogP contribution >= 0.6 is 0 Å². The van der Waals surface area contributed by atoms with Gasteiger partial charge in [0.2, 0.25) is 5.91 Å². The van der Waals surface area contributed by atoms with Gasteiger partial charge in [0, 0.05) is 12.6 Å². The summed E-state index contributed by atoms with van der Waals surface area (Å²) in [7, 11) is -0.651. The zero-order valence-corrected chi connectivity index (χ0v) is 18.9. The first-order chi connectivity index (χ1) is 14.4. The Kier molecular flexibility index (Phi) is 12.9. The van der Waals surface area contributed by atoms with Crippen LogP contribution in [0.1, 0.15) is 63.4 Å². The van der Waals surface area contributed by atoms with Gasteiger partial charge < -0.3 is 14.8 Å². The van der Waals surface area contributed by atoms with Gasteiger partial charge in [-0.1, -0.05) is 51.0 Å². The van der Waals surface area contributed by atoms with Gasteiger partial charge in [-0.3, -0.25) is 9.35 Å². The van der Waals surface area contributed by atoms with E-state index in [-0.39, 0.29) is 11.7 Å². The van der Waals surface area contributed by atoms with E-state index >= 15 is 0 Å². The van der Waals surface area contributed by atoms with Gasteiger partial charge in [0.05, 0.1) is 20.0 Å². The molecule has 2 N–H and O–H groups in total. The first-order valence-corrected chi connectivity index (χ1v) is 12.1. The van der Waals surface area contributed by atoms with Crippen LogP contribution in [-0.2, 0) is 14.9 Å². The van der Waals surface area contributed by atoms with E-state index < -0.39 is 10.1 Å². The van der Waals surface area contributed by atoms with Crippen molar-refractivity contribution in [2.24, 2.45) is 0 Å². The monoisotopic (exact) mass is 441 g/mol. The number of benzene rings is 1. The van der Waals surface area contributed by atoms with E-state index in [4.69, 9.17) is 14.0 Å². The van der Waals surface area contributed by atoms with Crippen LogP contribution in [0.4, 0.5) is 0 Å². The Balaban J connectivity index is 2.05. The number of rotatable bonds is 16. The van der Waals surface area contributed by atoms with Crippen molar-refractivity contribution in [3.63, 3.8) is 0 Å². The molecule has 1 aromatic rings. The lowest BCUT2D eigenvalue weighted by atomic mass is 10.1. The molecule has 0 spiro atoms. The van der Waals surface area contributed by atoms with Gasteiger partial charge in [-0.2, -0.15) is 8.42 Å². The van der Waals surface area contributed by atoms with E-state index in [1.807, 2.05) is 12.1 Å². The highest BCUT2D eigenvalue weighted by Crippen LogP contribution is 2.27. The highest BCUT2D eigenvalue weighted by Gasteiger charge is 2.04. The van der Waals surface area contributed by atoms with Gasteiger partial charge in [-0.15, -0.1) is 0 Å². The van der Waals surface area contributed by atoms with E-state index in [9.17, 15) is 13.2 Å². The summed E-state index contributed by atoms with van der Waals surface area (Å²) in [5.74, 6) is 1.02. The highest BCUT2D eigenvalue weighted by atomic mass is 32.2. The lowest BCUT2D eigenvalue weighted by molar-refractivity contribution is -0.116. The second-order valence-corrected chi connectivity index (χ2v) is 8.78. The van der Waals surface area contributed by atoms with E-state index in [1.54, 1.807) is 26.4 Å². The van der Waals surface area contributed by atoms with Crippen LogP contribution in [0.15, 0.2) is 24.3 Å². The number of nitrogens with one attached hydrogen (secondary N) is 1. The molecule has 0 aliphatic rings. The Bertz CT molecular complexity index is 761. The van der Waals surface area contributed by atoms with Gasteiger partial charge >= 0.3 is 0 Å². The molecule has 0 aromatic heterocycles. The first kappa shape index (κ1) is 26.0. The van der Waals surface area contributed by atoms with Crippen LogP contribution in [0.5, 0.6) is 11.5 Å². The Morgan fingerprint density at radius 1 is 0.933 bits per heavy atom. The summed E-state index contributed by atoms with van der Waals surface area (Å²) in [6.45, 7) is 0.657. The molecule has 1 rings (SSSR count). The van der Waals surface area contributed by atoms with Crippen LogP contribution in [0.3, 0.4) is 0 Å². The van der Waals surface area contributed by atoms with E-state index in [1.165, 1.54) is 6.08 Å². The van der Waals surface area contributed by atoms with Crippen LogP contribution in [-0.4, -0.2) is 45.4 Å². The smallest absolute Gasteiger partial charge is 0.264 e. The van der Waals surface area contributed by atoms with Gasteiger partial charge in [0.25, 0.3) is 10.1 Å². The van der Waals surface area contributed by atoms with Gasteiger partial charge in [0.15, 0.2) is 11.5 Å². The maximum atomic E-state index is 11.9. The Hall–Kier alpha value is -2.06. The Morgan fingerprint density at radius 3 is 2.07 bits per heavy atom. The molecular formula is C22H35NO6S. The summed E-state index contributed by atoms with van der Waals surface area (Å²) >= 11 is 0. The van der Waals surface area contributed by atoms with Gasteiger partial charge in [0.1, 0.15) is 0 Å². The zero-order chi connectivity index (χ0) is 22.2. The Morgan fingerprint density at radius 2 is 1.50 bits per heavy atom. The fourth-order valence-electron chi connectivity index (χ4n) is 3.05. The quantitative estimate of drug-likeness (QED) is 0.226. The average molecular weight is 442 g/mol. The normalized spacial score (nSPS) is 11.6. The summed E-state index contributed by atoms with van der Waals surface area (Å²) in [6, 6.07) is 5.48. The van der Waals surface area contributed by atoms with E-state index in [0.717, 1.165) is 56.9 Å². The lowest BCUT2D eigenvalue weighted by Crippen LogP contribution is -2.21. The van der Waals surface area contributed by atoms with Crippen LogP contribution in [0, 0.1) is 0 Å². The number of carbonyl (C=O) groups excluding carboxylic acids is 1. The van der Waals surface area contributed by atoms with Crippen molar-refractivity contribution in [1.82, 2.24) is 5.32 Å². The SMILES string of the molecule is COc1ccc(/C=C/C(=O)NCCCCCCCCCCCS(=O)(=O)O)cc1OC. The van der Waals surface area contributed by atoms with Crippen molar-refractivity contribution < 1.29 is 27.2 Å². The topological polar surface area (TPSA) is 102 Å². The number of methoxy groups -OCH3 is 2. The largest absolute Gasteiger partial charge is 0.493 e. The molecule has 30 heavy (non-hydrogen) atoms. The standard InChI is InChI=1S/C22H35NO6S/c1-28-20-14-12-19(18-21(20)29-2)13-15-22(24)23-16-10-8-6-4-3-5-7-9-11-17-30(25,26)27/h12-15,18H,3-11,16-17H2,1-2H3,(H,23,24)(H,25,26,27)/b15-13+. The molecule has 7 nitrogen and oxygen atoms in total. The molecule has 8 heteroatoms. The molecule has 0 radical (unpaired) electrons. The van der Waals surface area contributed by atoms with Crippen molar-refractivity contribution in [2.45, 2.75) is 57.8 Å². The predicted molar refractivity (Wildman–Crippen MR) is 120 cm³/mol. The van der Waals surface area contributed by atoms with Crippen molar-refractivity contribution in [3.8, 4) is 11.5 Å². The third-order valence-corrected chi connectivity index (χ3v) is 5.52. The van der Waals surface area contributed by atoms with Crippen LogP contribution < -0.4 is 14.8 Å². The van der Waals surface area contributed by atoms with Crippen molar-refractivity contribution >= 4 is 22.1 Å². The van der Waals surface area contributed by atoms with Gasteiger partial charge in [-0.05, 0) is 36.6 Å². The van der Waals surface area contributed by atoms with Crippen LogP contribution in [0.2, 0.25) is 0 Å². The molecule has 0 aliphatic carbocycles. The van der Waals surface area contributed by atoms with Crippen molar-refractivity contribution in [1.29, 1.82) is 0 Å². The number of hydrogen-bond acceptors (Lipinski definition) is 5. The number of hydrogen-bond donors (Lipinski definition) is 2. The number of carbonyl (C=O) groups is 1. The summed E-state index contributed by atoms with van der Waals surface area (Å²) in [4.78, 5) is 11.9. The van der Waals surface area contributed by atoms with Crippen LogP contribution in [0.25, 0.3) is 6.08 Å². The average Bonchev–Trinajstić information content (AvgIpc) is 2.71. The molecule has 0 saturated heterocycles. The minimum atomic E-state index is -3.81. The highest BCUT2D eigenvalue weighted by molar-refractivity contribution is 7.85.